The van der Waals surface area contributed by atoms with Crippen LogP contribution in [0.5, 0.6) is 0 Å². The van der Waals surface area contributed by atoms with Gasteiger partial charge in [-0.25, -0.2) is 0 Å². The molecule has 104 valence electrons. The Balaban J connectivity index is 1.75. The fourth-order valence-electron chi connectivity index (χ4n) is 2.86. The third-order valence-corrected chi connectivity index (χ3v) is 3.76. The number of pyridine rings is 1. The first-order valence-electron chi connectivity index (χ1n) is 7.33. The number of carbonyl (C=O) groups is 1. The monoisotopic (exact) mass is 260 g/mol. The van der Waals surface area contributed by atoms with Gasteiger partial charge in [0.15, 0.2) is 0 Å². The molecule has 0 unspecified atom stereocenters. The molecule has 0 radical (unpaired) electrons. The SMILES string of the molecule is CC(C)C[C@@H]1CCN(C(=O)CCc2ccccn2)C1. The van der Waals surface area contributed by atoms with Gasteiger partial charge in [-0.05, 0) is 43.2 Å². The van der Waals surface area contributed by atoms with Crippen LogP contribution in [0.1, 0.15) is 38.8 Å². The van der Waals surface area contributed by atoms with Gasteiger partial charge in [0.25, 0.3) is 0 Å². The largest absolute Gasteiger partial charge is 0.342 e. The van der Waals surface area contributed by atoms with Gasteiger partial charge in [-0.1, -0.05) is 19.9 Å². The van der Waals surface area contributed by atoms with Gasteiger partial charge in [-0.3, -0.25) is 9.78 Å². The molecule has 0 N–H and O–H groups in total. The summed E-state index contributed by atoms with van der Waals surface area (Å²) in [5, 5.41) is 0. The number of carbonyl (C=O) groups excluding carboxylic acids is 1. The van der Waals surface area contributed by atoms with Gasteiger partial charge in [0.1, 0.15) is 0 Å². The second-order valence-corrected chi connectivity index (χ2v) is 5.95. The van der Waals surface area contributed by atoms with Gasteiger partial charge in [0, 0.05) is 31.4 Å². The first-order chi connectivity index (χ1) is 9.15. The van der Waals surface area contributed by atoms with Crippen molar-refractivity contribution in [2.75, 3.05) is 13.1 Å². The topological polar surface area (TPSA) is 33.2 Å². The minimum Gasteiger partial charge on any atom is -0.342 e. The summed E-state index contributed by atoms with van der Waals surface area (Å²) in [6, 6.07) is 5.86. The van der Waals surface area contributed by atoms with E-state index in [2.05, 4.69) is 18.8 Å². The fraction of sp³-hybridized carbons (Fsp3) is 0.625. The van der Waals surface area contributed by atoms with Crippen molar-refractivity contribution in [1.82, 2.24) is 9.88 Å². The molecule has 1 atom stereocenters. The van der Waals surface area contributed by atoms with Gasteiger partial charge in [0.2, 0.25) is 5.91 Å². The lowest BCUT2D eigenvalue weighted by molar-refractivity contribution is -0.130. The van der Waals surface area contributed by atoms with Crippen molar-refractivity contribution >= 4 is 5.91 Å². The smallest absolute Gasteiger partial charge is 0.222 e. The van der Waals surface area contributed by atoms with E-state index < -0.39 is 0 Å². The van der Waals surface area contributed by atoms with Crippen LogP contribution >= 0.6 is 0 Å². The highest BCUT2D eigenvalue weighted by Crippen LogP contribution is 2.23. The lowest BCUT2D eigenvalue weighted by Crippen LogP contribution is -2.29. The third kappa shape index (κ3) is 4.34. The Kier molecular flexibility index (Phi) is 4.94. The average Bonchev–Trinajstić information content (AvgIpc) is 2.85. The number of nitrogens with zero attached hydrogens (tertiary/aromatic N) is 2. The zero-order valence-corrected chi connectivity index (χ0v) is 12.0. The number of likely N-dealkylation sites (tertiary alicyclic amines) is 1. The molecule has 0 saturated carbocycles. The summed E-state index contributed by atoms with van der Waals surface area (Å²) in [6.07, 6.45) is 5.54. The summed E-state index contributed by atoms with van der Waals surface area (Å²) in [4.78, 5) is 18.4. The Morgan fingerprint density at radius 1 is 1.47 bits per heavy atom. The van der Waals surface area contributed by atoms with Crippen LogP contribution in [0.2, 0.25) is 0 Å². The Bertz CT molecular complexity index is 402. The minimum absolute atomic E-state index is 0.289. The van der Waals surface area contributed by atoms with E-state index in [1.807, 2.05) is 23.1 Å². The normalized spacial score (nSPS) is 19.1. The molecule has 3 nitrogen and oxygen atoms in total. The van der Waals surface area contributed by atoms with Crippen molar-refractivity contribution in [2.24, 2.45) is 11.8 Å². The maximum absolute atomic E-state index is 12.1. The third-order valence-electron chi connectivity index (χ3n) is 3.76. The van der Waals surface area contributed by atoms with Crippen LogP contribution in [0.25, 0.3) is 0 Å². The molecule has 0 aliphatic carbocycles. The highest BCUT2D eigenvalue weighted by molar-refractivity contribution is 5.76. The van der Waals surface area contributed by atoms with Gasteiger partial charge >= 0.3 is 0 Å². The summed E-state index contributed by atoms with van der Waals surface area (Å²) >= 11 is 0. The van der Waals surface area contributed by atoms with E-state index >= 15 is 0 Å². The number of hydrogen-bond acceptors (Lipinski definition) is 2. The molecule has 1 aromatic heterocycles. The molecule has 1 aliphatic heterocycles. The number of rotatable bonds is 5. The standard InChI is InChI=1S/C16H24N2O/c1-13(2)11-14-8-10-18(12-14)16(19)7-6-15-5-3-4-9-17-15/h3-5,9,13-14H,6-8,10-12H2,1-2H3/t14-/m0/s1. The van der Waals surface area contributed by atoms with E-state index in [0.717, 1.165) is 31.1 Å². The molecule has 0 bridgehead atoms. The minimum atomic E-state index is 0.289. The predicted molar refractivity (Wildman–Crippen MR) is 76.7 cm³/mol. The molecule has 19 heavy (non-hydrogen) atoms. The van der Waals surface area contributed by atoms with Crippen LogP contribution in [0.3, 0.4) is 0 Å². The molecule has 1 saturated heterocycles. The van der Waals surface area contributed by atoms with Crippen molar-refractivity contribution < 1.29 is 4.79 Å². The molecule has 0 aromatic carbocycles. The van der Waals surface area contributed by atoms with Crippen molar-refractivity contribution in [3.63, 3.8) is 0 Å². The van der Waals surface area contributed by atoms with Crippen molar-refractivity contribution in [3.05, 3.63) is 30.1 Å². The van der Waals surface area contributed by atoms with Gasteiger partial charge in [-0.2, -0.15) is 0 Å². The van der Waals surface area contributed by atoms with Crippen molar-refractivity contribution in [3.8, 4) is 0 Å². The summed E-state index contributed by atoms with van der Waals surface area (Å²) in [6.45, 7) is 6.41. The molecular formula is C16H24N2O. The van der Waals surface area contributed by atoms with Crippen LogP contribution in [0, 0.1) is 11.8 Å². The van der Waals surface area contributed by atoms with E-state index in [1.165, 1.54) is 12.8 Å². The van der Waals surface area contributed by atoms with Crippen LogP contribution in [0.4, 0.5) is 0 Å². The Hall–Kier alpha value is -1.38. The molecule has 3 heteroatoms. The zero-order chi connectivity index (χ0) is 13.7. The Morgan fingerprint density at radius 2 is 2.32 bits per heavy atom. The maximum atomic E-state index is 12.1. The number of hydrogen-bond donors (Lipinski definition) is 0. The lowest BCUT2D eigenvalue weighted by atomic mass is 9.97. The fourth-order valence-corrected chi connectivity index (χ4v) is 2.86. The quantitative estimate of drug-likeness (QED) is 0.815. The first-order valence-corrected chi connectivity index (χ1v) is 7.33. The molecule has 1 fully saturated rings. The second kappa shape index (κ2) is 6.69. The van der Waals surface area contributed by atoms with Gasteiger partial charge in [-0.15, -0.1) is 0 Å². The average molecular weight is 260 g/mol. The molecule has 1 amide bonds. The van der Waals surface area contributed by atoms with Crippen LogP contribution in [-0.4, -0.2) is 28.9 Å². The zero-order valence-electron chi connectivity index (χ0n) is 12.0. The van der Waals surface area contributed by atoms with Crippen LogP contribution < -0.4 is 0 Å². The van der Waals surface area contributed by atoms with Crippen molar-refractivity contribution in [1.29, 1.82) is 0 Å². The number of aromatic nitrogens is 1. The maximum Gasteiger partial charge on any atom is 0.222 e. The van der Waals surface area contributed by atoms with Gasteiger partial charge in [0.05, 0.1) is 0 Å². The van der Waals surface area contributed by atoms with Crippen molar-refractivity contribution in [2.45, 2.75) is 39.5 Å². The molecule has 1 aromatic rings. The van der Waals surface area contributed by atoms with E-state index in [-0.39, 0.29) is 5.91 Å². The summed E-state index contributed by atoms with van der Waals surface area (Å²) in [5.74, 6) is 1.73. The summed E-state index contributed by atoms with van der Waals surface area (Å²) in [5.41, 5.74) is 1.01. The number of aryl methyl sites for hydroxylation is 1. The highest BCUT2D eigenvalue weighted by Gasteiger charge is 2.26. The summed E-state index contributed by atoms with van der Waals surface area (Å²) in [7, 11) is 0. The molecular weight excluding hydrogens is 236 g/mol. The van der Waals surface area contributed by atoms with Crippen LogP contribution in [0.15, 0.2) is 24.4 Å². The molecule has 0 spiro atoms. The van der Waals surface area contributed by atoms with E-state index in [4.69, 9.17) is 0 Å². The molecule has 1 aliphatic rings. The predicted octanol–water partition coefficient (Wildman–Crippen LogP) is 2.91. The second-order valence-electron chi connectivity index (χ2n) is 5.95. The molecule has 2 heterocycles. The van der Waals surface area contributed by atoms with E-state index in [0.29, 0.717) is 12.3 Å². The number of amides is 1. The highest BCUT2D eigenvalue weighted by atomic mass is 16.2. The van der Waals surface area contributed by atoms with Gasteiger partial charge < -0.3 is 4.90 Å². The van der Waals surface area contributed by atoms with E-state index in [9.17, 15) is 4.79 Å². The summed E-state index contributed by atoms with van der Waals surface area (Å²) < 4.78 is 0. The lowest BCUT2D eigenvalue weighted by Gasteiger charge is -2.17. The van der Waals surface area contributed by atoms with E-state index in [1.54, 1.807) is 6.20 Å². The van der Waals surface area contributed by atoms with Crippen LogP contribution in [-0.2, 0) is 11.2 Å². The Labute approximate surface area is 116 Å². The molecule has 2 rings (SSSR count). The Morgan fingerprint density at radius 3 is 3.00 bits per heavy atom. The first kappa shape index (κ1) is 14.0.